The quantitative estimate of drug-likeness (QED) is 0.368. The molecule has 100 valence electrons. The molecule has 0 spiro atoms. The van der Waals surface area contributed by atoms with Crippen molar-refractivity contribution in [3.05, 3.63) is 77.9 Å². The minimum Gasteiger partial charge on any atom is -0.0979 e. The van der Waals surface area contributed by atoms with Crippen molar-refractivity contribution >= 4 is 26.2 Å². The molecule has 0 amide bonds. The van der Waals surface area contributed by atoms with Gasteiger partial charge in [-0.1, -0.05) is 66.4 Å². The van der Waals surface area contributed by atoms with Gasteiger partial charge in [0.1, 0.15) is 0 Å². The summed E-state index contributed by atoms with van der Waals surface area (Å²) in [5, 5.41) is 0. The summed E-state index contributed by atoms with van der Waals surface area (Å²) in [6, 6.07) is 20.6. The molecule has 0 unspecified atom stereocenters. The molecule has 2 rings (SSSR count). The molecule has 0 atom stereocenters. The van der Waals surface area contributed by atoms with Crippen LogP contribution in [0.2, 0.25) is 0 Å². The number of rotatable bonds is 4. The number of allylic oxidation sites excluding steroid dienone is 1. The van der Waals surface area contributed by atoms with Gasteiger partial charge in [0.05, 0.1) is 0 Å². The Morgan fingerprint density at radius 2 is 1.60 bits per heavy atom. The van der Waals surface area contributed by atoms with Crippen molar-refractivity contribution in [1.82, 2.24) is 0 Å². The maximum Gasteiger partial charge on any atom is 0.0245 e. The smallest absolute Gasteiger partial charge is 0.0245 e. The van der Waals surface area contributed by atoms with Gasteiger partial charge in [0.15, 0.2) is 0 Å². The van der Waals surface area contributed by atoms with Gasteiger partial charge in [-0.25, -0.2) is 0 Å². The van der Waals surface area contributed by atoms with E-state index in [1.54, 1.807) is 0 Å². The van der Waals surface area contributed by atoms with E-state index in [0.717, 1.165) is 24.8 Å². The molecule has 2 aromatic carbocycles. The molecule has 0 aliphatic rings. The lowest BCUT2D eigenvalue weighted by Gasteiger charge is -1.98. The number of hydrogen-bond acceptors (Lipinski definition) is 0. The predicted octanol–water partition coefficient (Wildman–Crippen LogP) is 5.68. The van der Waals surface area contributed by atoms with Crippen LogP contribution >= 0.6 is 22.6 Å². The Kier molecular flexibility index (Phi) is 6.40. The highest BCUT2D eigenvalue weighted by Crippen LogP contribution is 2.22. The van der Waals surface area contributed by atoms with Crippen LogP contribution in [-0.2, 0) is 0 Å². The molecule has 0 fully saturated rings. The van der Waals surface area contributed by atoms with Gasteiger partial charge in [-0.05, 0) is 53.1 Å². The molecule has 0 saturated carbocycles. The second kappa shape index (κ2) is 8.60. The normalized spacial score (nSPS) is 10.8. The van der Waals surface area contributed by atoms with Crippen LogP contribution in [0.5, 0.6) is 0 Å². The lowest BCUT2D eigenvalue weighted by Crippen LogP contribution is -1.76. The van der Waals surface area contributed by atoms with Gasteiger partial charge < -0.3 is 0 Å². The van der Waals surface area contributed by atoms with Gasteiger partial charge in [0, 0.05) is 15.6 Å². The van der Waals surface area contributed by atoms with Gasteiger partial charge >= 0.3 is 0 Å². The highest BCUT2D eigenvalue weighted by molar-refractivity contribution is 14.1. The van der Waals surface area contributed by atoms with Crippen molar-refractivity contribution in [2.45, 2.75) is 19.3 Å². The lowest BCUT2D eigenvalue weighted by molar-refractivity contribution is 0.887. The Hall–Kier alpha value is -1.53. The summed E-state index contributed by atoms with van der Waals surface area (Å²) < 4.78 is 1.32. The summed E-state index contributed by atoms with van der Waals surface area (Å²) in [5.74, 6) is 6.43. The van der Waals surface area contributed by atoms with E-state index < -0.39 is 0 Å². The second-order valence-corrected chi connectivity index (χ2v) is 5.64. The third kappa shape index (κ3) is 5.22. The van der Waals surface area contributed by atoms with E-state index in [9.17, 15) is 0 Å². The number of unbranched alkanes of at least 4 members (excludes halogenated alkanes) is 2. The molecular formula is C19H17I. The maximum absolute atomic E-state index is 3.23. The van der Waals surface area contributed by atoms with Gasteiger partial charge in [-0.3, -0.25) is 0 Å². The molecular weight excluding hydrogens is 355 g/mol. The van der Waals surface area contributed by atoms with Crippen molar-refractivity contribution < 1.29 is 0 Å². The van der Waals surface area contributed by atoms with E-state index in [1.165, 1.54) is 9.14 Å². The fourth-order valence-corrected chi connectivity index (χ4v) is 2.49. The molecule has 0 radical (unpaired) electrons. The fourth-order valence-electron chi connectivity index (χ4n) is 1.82. The molecule has 0 N–H and O–H groups in total. The zero-order valence-corrected chi connectivity index (χ0v) is 13.5. The first-order valence-electron chi connectivity index (χ1n) is 6.81. The van der Waals surface area contributed by atoms with Gasteiger partial charge in [0.25, 0.3) is 0 Å². The van der Waals surface area contributed by atoms with Crippen LogP contribution in [0.15, 0.2) is 66.7 Å². The minimum atomic E-state index is 0.949. The molecule has 20 heavy (non-hydrogen) atoms. The number of hydrogen-bond donors (Lipinski definition) is 0. The summed E-state index contributed by atoms with van der Waals surface area (Å²) >= 11 is 2.40. The van der Waals surface area contributed by atoms with E-state index in [1.807, 2.05) is 36.4 Å². The van der Waals surface area contributed by atoms with E-state index in [4.69, 9.17) is 0 Å². The first-order valence-corrected chi connectivity index (χ1v) is 7.89. The molecule has 0 aliphatic carbocycles. The zero-order chi connectivity index (χ0) is 14.0. The number of halogens is 1. The van der Waals surface area contributed by atoms with E-state index >= 15 is 0 Å². The molecule has 0 saturated heterocycles. The summed E-state index contributed by atoms with van der Waals surface area (Å²) in [7, 11) is 0. The SMILES string of the molecule is I/C(=C/CCCC#Cc1ccccc1)c1ccccc1. The fraction of sp³-hybridized carbons (Fsp3) is 0.158. The molecule has 1 heteroatoms. The molecule has 0 aliphatic heterocycles. The Bertz CT molecular complexity index is 600. The van der Waals surface area contributed by atoms with Crippen LogP contribution in [0.4, 0.5) is 0 Å². The largest absolute Gasteiger partial charge is 0.0979 e. The van der Waals surface area contributed by atoms with E-state index in [2.05, 4.69) is 64.8 Å². The lowest BCUT2D eigenvalue weighted by atomic mass is 10.1. The number of benzene rings is 2. The molecule has 0 heterocycles. The Morgan fingerprint density at radius 1 is 0.950 bits per heavy atom. The summed E-state index contributed by atoms with van der Waals surface area (Å²) in [4.78, 5) is 0. The van der Waals surface area contributed by atoms with Crippen LogP contribution in [0.3, 0.4) is 0 Å². The zero-order valence-electron chi connectivity index (χ0n) is 11.4. The third-order valence-electron chi connectivity index (χ3n) is 2.89. The van der Waals surface area contributed by atoms with E-state index in [-0.39, 0.29) is 0 Å². The van der Waals surface area contributed by atoms with Crippen LogP contribution in [-0.4, -0.2) is 0 Å². The van der Waals surface area contributed by atoms with Gasteiger partial charge in [-0.15, -0.1) is 0 Å². The highest BCUT2D eigenvalue weighted by Gasteiger charge is 1.94. The highest BCUT2D eigenvalue weighted by atomic mass is 127. The minimum absolute atomic E-state index is 0.949. The Morgan fingerprint density at radius 3 is 2.30 bits per heavy atom. The van der Waals surface area contributed by atoms with Crippen molar-refractivity contribution in [3.8, 4) is 11.8 Å². The predicted molar refractivity (Wildman–Crippen MR) is 95.6 cm³/mol. The first kappa shape index (κ1) is 14.9. The Labute approximate surface area is 135 Å². The van der Waals surface area contributed by atoms with Crippen molar-refractivity contribution in [1.29, 1.82) is 0 Å². The Balaban J connectivity index is 1.76. The molecule has 0 aromatic heterocycles. The molecule has 0 nitrogen and oxygen atoms in total. The average molecular weight is 372 g/mol. The summed E-state index contributed by atoms with van der Waals surface area (Å²) in [6.45, 7) is 0. The molecule has 2 aromatic rings. The third-order valence-corrected chi connectivity index (χ3v) is 3.95. The van der Waals surface area contributed by atoms with Crippen LogP contribution in [0.25, 0.3) is 3.58 Å². The van der Waals surface area contributed by atoms with Crippen molar-refractivity contribution in [2.75, 3.05) is 0 Å². The standard InChI is InChI=1S/C19H17I/c20-19(18-14-8-4-9-15-18)16-10-2-1-5-11-17-12-6-3-7-13-17/h3-4,6-9,12-16H,1-2,10H2/b19-16+. The summed E-state index contributed by atoms with van der Waals surface area (Å²) in [5.41, 5.74) is 2.39. The van der Waals surface area contributed by atoms with Gasteiger partial charge in [0.2, 0.25) is 0 Å². The van der Waals surface area contributed by atoms with Crippen LogP contribution < -0.4 is 0 Å². The van der Waals surface area contributed by atoms with Crippen LogP contribution in [0.1, 0.15) is 30.4 Å². The first-order chi connectivity index (χ1) is 9.86. The average Bonchev–Trinajstić information content (AvgIpc) is 2.52. The van der Waals surface area contributed by atoms with E-state index in [0.29, 0.717) is 0 Å². The maximum atomic E-state index is 3.23. The topological polar surface area (TPSA) is 0 Å². The van der Waals surface area contributed by atoms with Crippen molar-refractivity contribution in [2.24, 2.45) is 0 Å². The second-order valence-electron chi connectivity index (χ2n) is 4.48. The van der Waals surface area contributed by atoms with Gasteiger partial charge in [-0.2, -0.15) is 0 Å². The molecule has 0 bridgehead atoms. The summed E-state index contributed by atoms with van der Waals surface area (Å²) in [6.07, 6.45) is 5.43. The van der Waals surface area contributed by atoms with Crippen molar-refractivity contribution in [3.63, 3.8) is 0 Å². The van der Waals surface area contributed by atoms with Crippen LogP contribution in [0, 0.1) is 11.8 Å². The monoisotopic (exact) mass is 372 g/mol.